The first kappa shape index (κ1) is 36.4. The fraction of sp³-hybridized carbons (Fsp3) is 0.906. The van der Waals surface area contributed by atoms with E-state index in [2.05, 4.69) is 19.2 Å². The fourth-order valence-electron chi connectivity index (χ4n) is 4.77. The van der Waals surface area contributed by atoms with Gasteiger partial charge in [-0.1, -0.05) is 142 Å². The van der Waals surface area contributed by atoms with Crippen LogP contribution >= 0.6 is 0 Å². The van der Waals surface area contributed by atoms with Crippen LogP contribution in [0.15, 0.2) is 0 Å². The van der Waals surface area contributed by atoms with Crippen LogP contribution in [0.5, 0.6) is 0 Å². The number of hydrogen-bond donors (Lipinski definition) is 2. The summed E-state index contributed by atoms with van der Waals surface area (Å²) < 4.78 is 5.38. The lowest BCUT2D eigenvalue weighted by Crippen LogP contribution is -2.42. The third-order valence-electron chi connectivity index (χ3n) is 7.27. The third-order valence-corrected chi connectivity index (χ3v) is 7.27. The average Bonchev–Trinajstić information content (AvgIpc) is 2.90. The first-order valence-electron chi connectivity index (χ1n) is 16.2. The van der Waals surface area contributed by atoms with E-state index in [4.69, 9.17) is 9.84 Å². The lowest BCUT2D eigenvalue weighted by molar-refractivity contribution is -0.148. The van der Waals surface area contributed by atoms with Gasteiger partial charge in [0.25, 0.3) is 0 Å². The number of esters is 1. The van der Waals surface area contributed by atoms with E-state index in [-0.39, 0.29) is 18.7 Å². The maximum atomic E-state index is 12.5. The summed E-state index contributed by atoms with van der Waals surface area (Å²) in [4.78, 5) is 35.9. The Kier molecular flexibility index (Phi) is 27.2. The molecule has 0 aliphatic rings. The van der Waals surface area contributed by atoms with Crippen molar-refractivity contribution in [1.82, 2.24) is 5.32 Å². The van der Waals surface area contributed by atoms with Crippen molar-refractivity contribution in [1.29, 1.82) is 0 Å². The van der Waals surface area contributed by atoms with Gasteiger partial charge in [0.1, 0.15) is 6.04 Å². The predicted octanol–water partition coefficient (Wildman–Crippen LogP) is 8.89. The quantitative estimate of drug-likeness (QED) is 0.0731. The van der Waals surface area contributed by atoms with E-state index in [1.807, 2.05) is 0 Å². The molecule has 0 rings (SSSR count). The molecule has 1 atom stereocenters. The molecular formula is C32H61NO5. The first-order valence-corrected chi connectivity index (χ1v) is 16.2. The number of carboxylic acids is 1. The summed E-state index contributed by atoms with van der Waals surface area (Å²) in [5.74, 6) is -1.68. The molecule has 0 bridgehead atoms. The molecule has 0 aromatic heterocycles. The number of nitrogens with one attached hydrogen (secondary N) is 1. The highest BCUT2D eigenvalue weighted by molar-refractivity contribution is 5.84. The van der Waals surface area contributed by atoms with Crippen LogP contribution in [0.3, 0.4) is 0 Å². The molecule has 0 radical (unpaired) electrons. The number of amides is 1. The summed E-state index contributed by atoms with van der Waals surface area (Å²) in [6, 6.07) is -0.876. The molecule has 0 unspecified atom stereocenters. The van der Waals surface area contributed by atoms with Crippen LogP contribution < -0.4 is 5.32 Å². The Bertz CT molecular complexity index is 566. The van der Waals surface area contributed by atoms with Gasteiger partial charge in [0, 0.05) is 12.8 Å². The Balaban J connectivity index is 3.93. The van der Waals surface area contributed by atoms with Crippen molar-refractivity contribution in [3.05, 3.63) is 0 Å². The van der Waals surface area contributed by atoms with E-state index in [1.165, 1.54) is 103 Å². The summed E-state index contributed by atoms with van der Waals surface area (Å²) in [6.45, 7) is 4.81. The maximum absolute atomic E-state index is 12.5. The van der Waals surface area contributed by atoms with Crippen LogP contribution in [-0.2, 0) is 19.1 Å². The average molecular weight is 540 g/mol. The zero-order valence-electron chi connectivity index (χ0n) is 25.0. The zero-order chi connectivity index (χ0) is 28.1. The van der Waals surface area contributed by atoms with Gasteiger partial charge in [-0.25, -0.2) is 4.79 Å². The van der Waals surface area contributed by atoms with Crippen molar-refractivity contribution in [2.24, 2.45) is 0 Å². The highest BCUT2D eigenvalue weighted by atomic mass is 16.5. The summed E-state index contributed by atoms with van der Waals surface area (Å²) >= 11 is 0. The van der Waals surface area contributed by atoms with Gasteiger partial charge < -0.3 is 15.2 Å². The zero-order valence-corrected chi connectivity index (χ0v) is 25.0. The summed E-state index contributed by atoms with van der Waals surface area (Å²) in [5.41, 5.74) is 0. The number of carbonyl (C=O) groups is 3. The maximum Gasteiger partial charge on any atom is 0.328 e. The van der Waals surface area contributed by atoms with Crippen LogP contribution in [0.1, 0.15) is 174 Å². The van der Waals surface area contributed by atoms with E-state index in [0.717, 1.165) is 38.5 Å². The second-order valence-corrected chi connectivity index (χ2v) is 11.0. The second kappa shape index (κ2) is 28.4. The first-order chi connectivity index (χ1) is 18.5. The molecule has 1 amide bonds. The van der Waals surface area contributed by atoms with Gasteiger partial charge in [0.2, 0.25) is 5.91 Å². The Hall–Kier alpha value is -1.59. The molecule has 0 aliphatic heterocycles. The molecule has 6 heteroatoms. The van der Waals surface area contributed by atoms with Crippen LogP contribution in [0.25, 0.3) is 0 Å². The molecule has 6 nitrogen and oxygen atoms in total. The minimum atomic E-state index is -0.979. The van der Waals surface area contributed by atoms with Crippen LogP contribution in [0, 0.1) is 0 Å². The number of carbonyl (C=O) groups excluding carboxylic acids is 2. The van der Waals surface area contributed by atoms with E-state index in [9.17, 15) is 14.4 Å². The summed E-state index contributed by atoms with van der Waals surface area (Å²) in [5, 5.41) is 11.7. The molecule has 0 spiro atoms. The van der Waals surface area contributed by atoms with Gasteiger partial charge in [-0.15, -0.1) is 0 Å². The number of carboxylic acid groups (broad SMARTS) is 1. The van der Waals surface area contributed by atoms with E-state index < -0.39 is 18.0 Å². The van der Waals surface area contributed by atoms with Crippen molar-refractivity contribution >= 4 is 17.8 Å². The number of ether oxygens (including phenoxy) is 1. The van der Waals surface area contributed by atoms with Crippen molar-refractivity contribution in [2.45, 2.75) is 180 Å². The van der Waals surface area contributed by atoms with Crippen molar-refractivity contribution in [3.8, 4) is 0 Å². The fourth-order valence-corrected chi connectivity index (χ4v) is 4.77. The van der Waals surface area contributed by atoms with Gasteiger partial charge in [-0.05, 0) is 19.3 Å². The van der Waals surface area contributed by atoms with E-state index in [1.54, 1.807) is 0 Å². The molecule has 0 aromatic rings. The smallest absolute Gasteiger partial charge is 0.328 e. The topological polar surface area (TPSA) is 92.7 Å². The molecule has 0 aliphatic carbocycles. The van der Waals surface area contributed by atoms with Crippen LogP contribution in [-0.4, -0.2) is 35.6 Å². The van der Waals surface area contributed by atoms with Gasteiger partial charge >= 0.3 is 11.9 Å². The number of aliphatic carboxylic acids is 1. The molecule has 0 heterocycles. The molecule has 2 N–H and O–H groups in total. The lowest BCUT2D eigenvalue weighted by atomic mass is 10.0. The standard InChI is InChI=1S/C32H61NO5/c1-3-5-7-9-11-13-15-17-19-21-23-25-30(34)33-29(26-27-31(35)36)32(37)38-28-24-22-20-18-16-14-12-10-8-6-4-2/h29H,3-28H2,1-2H3,(H,33,34)(H,35,36)/t29-/m0/s1. The minimum Gasteiger partial charge on any atom is -0.481 e. The molecule has 0 aromatic carbocycles. The Morgan fingerprint density at radius 3 is 1.39 bits per heavy atom. The van der Waals surface area contributed by atoms with Gasteiger partial charge in [-0.3, -0.25) is 9.59 Å². The number of unbranched alkanes of at least 4 members (excludes halogenated alkanes) is 20. The molecule has 0 saturated heterocycles. The Morgan fingerprint density at radius 1 is 0.579 bits per heavy atom. The van der Waals surface area contributed by atoms with Crippen molar-refractivity contribution in [2.75, 3.05) is 6.61 Å². The SMILES string of the molecule is CCCCCCCCCCCCCOC(=O)[C@H](CCC(=O)O)NC(=O)CCCCCCCCCCCCC. The van der Waals surface area contributed by atoms with Gasteiger partial charge in [-0.2, -0.15) is 0 Å². The lowest BCUT2D eigenvalue weighted by Gasteiger charge is -2.17. The molecule has 0 fully saturated rings. The molecule has 224 valence electrons. The van der Waals surface area contributed by atoms with E-state index in [0.29, 0.717) is 13.0 Å². The molecular weight excluding hydrogens is 478 g/mol. The molecule has 38 heavy (non-hydrogen) atoms. The number of hydrogen-bond acceptors (Lipinski definition) is 4. The monoisotopic (exact) mass is 539 g/mol. The normalized spacial score (nSPS) is 11.8. The Labute approximate surface area is 234 Å². The van der Waals surface area contributed by atoms with Gasteiger partial charge in [0.05, 0.1) is 6.61 Å². The second-order valence-electron chi connectivity index (χ2n) is 11.0. The Morgan fingerprint density at radius 2 is 0.974 bits per heavy atom. The van der Waals surface area contributed by atoms with Crippen molar-refractivity contribution in [3.63, 3.8) is 0 Å². The van der Waals surface area contributed by atoms with Crippen molar-refractivity contribution < 1.29 is 24.2 Å². The summed E-state index contributed by atoms with van der Waals surface area (Å²) in [6.07, 6.45) is 27.1. The van der Waals surface area contributed by atoms with Gasteiger partial charge in [0.15, 0.2) is 0 Å². The van der Waals surface area contributed by atoms with Crippen LogP contribution in [0.4, 0.5) is 0 Å². The number of rotatable bonds is 29. The van der Waals surface area contributed by atoms with E-state index >= 15 is 0 Å². The highest BCUT2D eigenvalue weighted by Gasteiger charge is 2.23. The highest BCUT2D eigenvalue weighted by Crippen LogP contribution is 2.13. The van der Waals surface area contributed by atoms with Crippen LogP contribution in [0.2, 0.25) is 0 Å². The predicted molar refractivity (Wildman–Crippen MR) is 157 cm³/mol. The molecule has 0 saturated carbocycles. The largest absolute Gasteiger partial charge is 0.481 e. The summed E-state index contributed by atoms with van der Waals surface area (Å²) in [7, 11) is 0. The minimum absolute atomic E-state index is 0.0659. The third kappa shape index (κ3) is 26.0.